The van der Waals surface area contributed by atoms with Crippen molar-refractivity contribution < 1.29 is 9.53 Å². The topological polar surface area (TPSA) is 26.3 Å². The molecule has 2 heteroatoms. The summed E-state index contributed by atoms with van der Waals surface area (Å²) in [6.07, 6.45) is 5.87. The van der Waals surface area contributed by atoms with E-state index in [2.05, 4.69) is 6.07 Å². The van der Waals surface area contributed by atoms with Crippen molar-refractivity contribution in [1.29, 1.82) is 0 Å². The number of carbonyl (C=O) groups excluding carboxylic acids is 1. The Bertz CT molecular complexity index is 431. The van der Waals surface area contributed by atoms with Crippen LogP contribution >= 0.6 is 0 Å². The molecule has 0 amide bonds. The molecule has 0 N–H and O–H groups in total. The number of fused-ring (bicyclic) bond motifs is 1. The van der Waals surface area contributed by atoms with Gasteiger partial charge in [0.25, 0.3) is 0 Å². The zero-order chi connectivity index (χ0) is 11.7. The third kappa shape index (κ3) is 2.14. The summed E-state index contributed by atoms with van der Waals surface area (Å²) in [5.74, 6) is 0.614. The molecular weight excluding hydrogens is 212 g/mol. The van der Waals surface area contributed by atoms with Gasteiger partial charge in [-0.1, -0.05) is 31.4 Å². The molecule has 0 radical (unpaired) electrons. The first kappa shape index (κ1) is 11.0. The molecular formula is C15H18O2. The summed E-state index contributed by atoms with van der Waals surface area (Å²) in [5, 5.41) is 0. The standard InChI is InChI=1S/C15H18O2/c16-15(11-4-2-1-3-5-11)12-6-7-13-9-17-10-14(13)8-12/h6-8,11H,1-5,9-10H2. The van der Waals surface area contributed by atoms with Gasteiger partial charge in [0.05, 0.1) is 13.2 Å². The van der Waals surface area contributed by atoms with Gasteiger partial charge in [-0.15, -0.1) is 0 Å². The lowest BCUT2D eigenvalue weighted by Gasteiger charge is -2.20. The summed E-state index contributed by atoms with van der Waals surface area (Å²) in [6.45, 7) is 1.37. The molecule has 3 rings (SSSR count). The van der Waals surface area contributed by atoms with Gasteiger partial charge in [0.15, 0.2) is 5.78 Å². The molecule has 1 fully saturated rings. The molecule has 0 unspecified atom stereocenters. The summed E-state index contributed by atoms with van der Waals surface area (Å²) >= 11 is 0. The van der Waals surface area contributed by atoms with E-state index in [0.29, 0.717) is 19.0 Å². The third-order valence-electron chi connectivity index (χ3n) is 3.98. The van der Waals surface area contributed by atoms with E-state index in [4.69, 9.17) is 4.74 Å². The Morgan fingerprint density at radius 2 is 1.82 bits per heavy atom. The van der Waals surface area contributed by atoms with Crippen LogP contribution < -0.4 is 0 Å². The monoisotopic (exact) mass is 230 g/mol. The number of hydrogen-bond acceptors (Lipinski definition) is 2. The summed E-state index contributed by atoms with van der Waals surface area (Å²) in [4.78, 5) is 12.4. The number of ketones is 1. The second-order valence-corrected chi connectivity index (χ2v) is 5.18. The number of carbonyl (C=O) groups is 1. The first-order valence-corrected chi connectivity index (χ1v) is 6.58. The minimum Gasteiger partial charge on any atom is -0.372 e. The molecule has 0 aromatic heterocycles. The van der Waals surface area contributed by atoms with Crippen molar-refractivity contribution >= 4 is 5.78 Å². The fourth-order valence-corrected chi connectivity index (χ4v) is 2.93. The van der Waals surface area contributed by atoms with Crippen molar-refractivity contribution in [1.82, 2.24) is 0 Å². The van der Waals surface area contributed by atoms with Crippen molar-refractivity contribution in [2.45, 2.75) is 45.3 Å². The summed E-state index contributed by atoms with van der Waals surface area (Å²) in [7, 11) is 0. The molecule has 2 aliphatic rings. The van der Waals surface area contributed by atoms with Crippen LogP contribution in [-0.2, 0) is 18.0 Å². The second kappa shape index (κ2) is 4.61. The lowest BCUT2D eigenvalue weighted by molar-refractivity contribution is 0.0889. The third-order valence-corrected chi connectivity index (χ3v) is 3.98. The largest absolute Gasteiger partial charge is 0.372 e. The van der Waals surface area contributed by atoms with E-state index in [0.717, 1.165) is 18.4 Å². The Kier molecular flexibility index (Phi) is 2.98. The molecule has 0 bridgehead atoms. The molecule has 2 nitrogen and oxygen atoms in total. The van der Waals surface area contributed by atoms with Gasteiger partial charge in [0, 0.05) is 11.5 Å². The maximum absolute atomic E-state index is 12.4. The zero-order valence-corrected chi connectivity index (χ0v) is 10.1. The van der Waals surface area contributed by atoms with Gasteiger partial charge in [-0.25, -0.2) is 0 Å². The van der Waals surface area contributed by atoms with E-state index < -0.39 is 0 Å². The predicted molar refractivity (Wildman–Crippen MR) is 65.8 cm³/mol. The maximum Gasteiger partial charge on any atom is 0.165 e. The van der Waals surface area contributed by atoms with Crippen LogP contribution in [0.2, 0.25) is 0 Å². The minimum atomic E-state index is 0.268. The molecule has 1 heterocycles. The highest BCUT2D eigenvalue weighted by atomic mass is 16.5. The van der Waals surface area contributed by atoms with E-state index in [1.807, 2.05) is 12.1 Å². The Morgan fingerprint density at radius 3 is 2.65 bits per heavy atom. The molecule has 17 heavy (non-hydrogen) atoms. The van der Waals surface area contributed by atoms with Gasteiger partial charge in [0.2, 0.25) is 0 Å². The number of hydrogen-bond donors (Lipinski definition) is 0. The van der Waals surface area contributed by atoms with Crippen LogP contribution in [-0.4, -0.2) is 5.78 Å². The lowest BCUT2D eigenvalue weighted by atomic mass is 9.83. The zero-order valence-electron chi connectivity index (χ0n) is 10.1. The Labute approximate surface area is 102 Å². The highest BCUT2D eigenvalue weighted by Crippen LogP contribution is 2.28. The summed E-state index contributed by atoms with van der Waals surface area (Å²) in [6, 6.07) is 6.07. The highest BCUT2D eigenvalue weighted by Gasteiger charge is 2.23. The van der Waals surface area contributed by atoms with Gasteiger partial charge in [0.1, 0.15) is 0 Å². The fourth-order valence-electron chi connectivity index (χ4n) is 2.93. The number of benzene rings is 1. The quantitative estimate of drug-likeness (QED) is 0.727. The van der Waals surface area contributed by atoms with E-state index in [1.54, 1.807) is 0 Å². The molecule has 0 atom stereocenters. The SMILES string of the molecule is O=C(c1ccc2c(c1)COC2)C1CCCCC1. The average molecular weight is 230 g/mol. The van der Waals surface area contributed by atoms with Crippen LogP contribution in [0.25, 0.3) is 0 Å². The Hall–Kier alpha value is -1.15. The van der Waals surface area contributed by atoms with Crippen molar-refractivity contribution in [2.24, 2.45) is 5.92 Å². The molecule has 1 aliphatic carbocycles. The molecule has 0 saturated heterocycles. The normalized spacial score (nSPS) is 20.2. The smallest absolute Gasteiger partial charge is 0.165 e. The first-order valence-electron chi connectivity index (χ1n) is 6.58. The van der Waals surface area contributed by atoms with Gasteiger partial charge in [-0.2, -0.15) is 0 Å². The Balaban J connectivity index is 1.81. The van der Waals surface area contributed by atoms with E-state index in [1.165, 1.54) is 30.4 Å². The van der Waals surface area contributed by atoms with E-state index in [9.17, 15) is 4.79 Å². The number of rotatable bonds is 2. The van der Waals surface area contributed by atoms with Gasteiger partial charge in [-0.05, 0) is 30.0 Å². The van der Waals surface area contributed by atoms with Gasteiger partial charge >= 0.3 is 0 Å². The predicted octanol–water partition coefficient (Wildman–Crippen LogP) is 3.48. The van der Waals surface area contributed by atoms with Crippen LogP contribution in [0.4, 0.5) is 0 Å². The van der Waals surface area contributed by atoms with E-state index in [-0.39, 0.29) is 5.92 Å². The van der Waals surface area contributed by atoms with Crippen LogP contribution in [0.15, 0.2) is 18.2 Å². The molecule has 90 valence electrons. The summed E-state index contributed by atoms with van der Waals surface area (Å²) < 4.78 is 5.38. The maximum atomic E-state index is 12.4. The van der Waals surface area contributed by atoms with Crippen LogP contribution in [0.5, 0.6) is 0 Å². The van der Waals surface area contributed by atoms with Crippen molar-refractivity contribution in [3.05, 3.63) is 34.9 Å². The van der Waals surface area contributed by atoms with Gasteiger partial charge < -0.3 is 4.74 Å². The van der Waals surface area contributed by atoms with Crippen LogP contribution in [0, 0.1) is 5.92 Å². The molecule has 1 aromatic carbocycles. The number of Topliss-reactive ketones (excluding diaryl/α,β-unsaturated/α-hetero) is 1. The molecule has 1 aromatic rings. The van der Waals surface area contributed by atoms with Crippen LogP contribution in [0.1, 0.15) is 53.6 Å². The summed E-state index contributed by atoms with van der Waals surface area (Å²) in [5.41, 5.74) is 3.33. The fraction of sp³-hybridized carbons (Fsp3) is 0.533. The average Bonchev–Trinajstić information content (AvgIpc) is 2.86. The number of ether oxygens (including phenoxy) is 1. The molecule has 1 aliphatic heterocycles. The second-order valence-electron chi connectivity index (χ2n) is 5.18. The van der Waals surface area contributed by atoms with Gasteiger partial charge in [-0.3, -0.25) is 4.79 Å². The van der Waals surface area contributed by atoms with Crippen LogP contribution in [0.3, 0.4) is 0 Å². The van der Waals surface area contributed by atoms with Crippen molar-refractivity contribution in [2.75, 3.05) is 0 Å². The molecule has 0 spiro atoms. The van der Waals surface area contributed by atoms with Crippen molar-refractivity contribution in [3.63, 3.8) is 0 Å². The highest BCUT2D eigenvalue weighted by molar-refractivity contribution is 5.98. The van der Waals surface area contributed by atoms with Crippen molar-refractivity contribution in [3.8, 4) is 0 Å². The minimum absolute atomic E-state index is 0.268. The Morgan fingerprint density at radius 1 is 1.06 bits per heavy atom. The lowest BCUT2D eigenvalue weighted by Crippen LogP contribution is -2.18. The first-order chi connectivity index (χ1) is 8.34. The van der Waals surface area contributed by atoms with E-state index >= 15 is 0 Å². The molecule has 1 saturated carbocycles.